The lowest BCUT2D eigenvalue weighted by atomic mass is 10.0. The molecule has 0 aliphatic carbocycles. The molecule has 26 heavy (non-hydrogen) atoms. The SMILES string of the molecule is Cc1[nH]ncc1NCc1cc(-c2ccccc2)cnc1-c1ccncc1. The van der Waals surface area contributed by atoms with Gasteiger partial charge in [0.05, 0.1) is 23.3 Å². The molecular formula is C21H19N5. The number of anilines is 1. The summed E-state index contributed by atoms with van der Waals surface area (Å²) in [5.74, 6) is 0. The molecule has 0 atom stereocenters. The van der Waals surface area contributed by atoms with E-state index >= 15 is 0 Å². The van der Waals surface area contributed by atoms with Crippen LogP contribution in [0.1, 0.15) is 11.3 Å². The minimum absolute atomic E-state index is 0.658. The standard InChI is InChI=1S/C21H19N5/c1-15-20(14-25-26-15)23-13-19-11-18(16-5-3-2-4-6-16)12-24-21(19)17-7-9-22-10-8-17/h2-12,14,23H,13H2,1H3,(H,25,26). The Morgan fingerprint density at radius 1 is 0.923 bits per heavy atom. The van der Waals surface area contributed by atoms with Crippen LogP contribution in [0.3, 0.4) is 0 Å². The van der Waals surface area contributed by atoms with Crippen LogP contribution in [-0.4, -0.2) is 20.2 Å². The predicted octanol–water partition coefficient (Wildman–Crippen LogP) is 4.45. The Bertz CT molecular complexity index is 993. The summed E-state index contributed by atoms with van der Waals surface area (Å²) in [5, 5.41) is 10.5. The van der Waals surface area contributed by atoms with Crippen LogP contribution in [0.4, 0.5) is 5.69 Å². The van der Waals surface area contributed by atoms with Gasteiger partial charge in [0, 0.05) is 36.3 Å². The summed E-state index contributed by atoms with van der Waals surface area (Å²) in [6.45, 7) is 2.66. The minimum Gasteiger partial charge on any atom is -0.378 e. The lowest BCUT2D eigenvalue weighted by molar-refractivity contribution is 1.04. The molecule has 0 bridgehead atoms. The zero-order valence-electron chi connectivity index (χ0n) is 14.5. The molecule has 0 aliphatic heterocycles. The highest BCUT2D eigenvalue weighted by molar-refractivity contribution is 5.70. The van der Waals surface area contributed by atoms with Crippen molar-refractivity contribution in [2.75, 3.05) is 5.32 Å². The molecule has 0 saturated carbocycles. The van der Waals surface area contributed by atoms with Crippen molar-refractivity contribution in [3.05, 3.63) is 84.6 Å². The molecule has 3 heterocycles. The van der Waals surface area contributed by atoms with Crippen molar-refractivity contribution in [3.8, 4) is 22.4 Å². The molecule has 0 saturated heterocycles. The molecule has 4 rings (SSSR count). The van der Waals surface area contributed by atoms with E-state index in [9.17, 15) is 0 Å². The van der Waals surface area contributed by atoms with E-state index in [0.29, 0.717) is 6.54 Å². The van der Waals surface area contributed by atoms with Crippen LogP contribution in [0.25, 0.3) is 22.4 Å². The molecule has 0 fully saturated rings. The van der Waals surface area contributed by atoms with E-state index in [1.165, 1.54) is 0 Å². The molecule has 5 nitrogen and oxygen atoms in total. The molecule has 4 aromatic rings. The van der Waals surface area contributed by atoms with Crippen LogP contribution in [0.2, 0.25) is 0 Å². The fourth-order valence-corrected chi connectivity index (χ4v) is 2.92. The first-order chi connectivity index (χ1) is 12.8. The predicted molar refractivity (Wildman–Crippen MR) is 104 cm³/mol. The number of nitrogens with zero attached hydrogens (tertiary/aromatic N) is 3. The van der Waals surface area contributed by atoms with Gasteiger partial charge in [0.2, 0.25) is 0 Å². The Kier molecular flexibility index (Phi) is 4.43. The van der Waals surface area contributed by atoms with E-state index in [0.717, 1.165) is 39.3 Å². The van der Waals surface area contributed by atoms with Crippen LogP contribution in [0, 0.1) is 6.92 Å². The maximum Gasteiger partial charge on any atom is 0.0756 e. The summed E-state index contributed by atoms with van der Waals surface area (Å²) >= 11 is 0. The number of aryl methyl sites for hydroxylation is 1. The van der Waals surface area contributed by atoms with E-state index in [2.05, 4.69) is 38.7 Å². The van der Waals surface area contributed by atoms with Crippen molar-refractivity contribution >= 4 is 5.69 Å². The Labute approximate surface area is 152 Å². The first-order valence-electron chi connectivity index (χ1n) is 8.50. The van der Waals surface area contributed by atoms with E-state index < -0.39 is 0 Å². The number of H-pyrrole nitrogens is 1. The second-order valence-electron chi connectivity index (χ2n) is 6.10. The largest absolute Gasteiger partial charge is 0.378 e. The Hall–Kier alpha value is -3.47. The van der Waals surface area contributed by atoms with Gasteiger partial charge in [0.15, 0.2) is 0 Å². The molecule has 0 aliphatic rings. The summed E-state index contributed by atoms with van der Waals surface area (Å²) < 4.78 is 0. The zero-order chi connectivity index (χ0) is 17.8. The number of pyridine rings is 2. The second-order valence-corrected chi connectivity index (χ2v) is 6.10. The van der Waals surface area contributed by atoms with Crippen molar-refractivity contribution in [2.24, 2.45) is 0 Å². The topological polar surface area (TPSA) is 66.5 Å². The third kappa shape index (κ3) is 3.32. The van der Waals surface area contributed by atoms with Gasteiger partial charge in [0.25, 0.3) is 0 Å². The monoisotopic (exact) mass is 341 g/mol. The molecule has 1 aromatic carbocycles. The first kappa shape index (κ1) is 16.0. The summed E-state index contributed by atoms with van der Waals surface area (Å²) in [5.41, 5.74) is 7.41. The molecule has 3 aromatic heterocycles. The quantitative estimate of drug-likeness (QED) is 0.563. The highest BCUT2D eigenvalue weighted by Crippen LogP contribution is 2.27. The fraction of sp³-hybridized carbons (Fsp3) is 0.0952. The third-order valence-corrected chi connectivity index (χ3v) is 4.33. The van der Waals surface area contributed by atoms with Gasteiger partial charge >= 0.3 is 0 Å². The summed E-state index contributed by atoms with van der Waals surface area (Å²) in [6.07, 6.45) is 7.31. The van der Waals surface area contributed by atoms with Gasteiger partial charge < -0.3 is 5.32 Å². The number of hydrogen-bond acceptors (Lipinski definition) is 4. The van der Waals surface area contributed by atoms with Gasteiger partial charge in [-0.05, 0) is 36.2 Å². The van der Waals surface area contributed by atoms with Crippen molar-refractivity contribution in [1.29, 1.82) is 0 Å². The van der Waals surface area contributed by atoms with Gasteiger partial charge in [-0.2, -0.15) is 5.10 Å². The molecular weight excluding hydrogens is 322 g/mol. The summed E-state index contributed by atoms with van der Waals surface area (Å²) in [4.78, 5) is 8.86. The van der Waals surface area contributed by atoms with Crippen molar-refractivity contribution in [2.45, 2.75) is 13.5 Å². The molecule has 2 N–H and O–H groups in total. The van der Waals surface area contributed by atoms with Crippen LogP contribution in [-0.2, 0) is 6.54 Å². The van der Waals surface area contributed by atoms with Crippen LogP contribution < -0.4 is 5.32 Å². The second kappa shape index (κ2) is 7.19. The van der Waals surface area contributed by atoms with Gasteiger partial charge in [-0.15, -0.1) is 0 Å². The van der Waals surface area contributed by atoms with Crippen molar-refractivity contribution in [1.82, 2.24) is 20.2 Å². The molecule has 0 amide bonds. The smallest absolute Gasteiger partial charge is 0.0756 e. The van der Waals surface area contributed by atoms with Crippen molar-refractivity contribution in [3.63, 3.8) is 0 Å². The van der Waals surface area contributed by atoms with E-state index in [1.807, 2.05) is 43.5 Å². The maximum absolute atomic E-state index is 4.76. The fourth-order valence-electron chi connectivity index (χ4n) is 2.92. The molecule has 0 radical (unpaired) electrons. The summed E-state index contributed by atoms with van der Waals surface area (Å²) in [7, 11) is 0. The molecule has 0 unspecified atom stereocenters. The van der Waals surface area contributed by atoms with Gasteiger partial charge in [-0.25, -0.2) is 0 Å². The zero-order valence-corrected chi connectivity index (χ0v) is 14.5. The third-order valence-electron chi connectivity index (χ3n) is 4.33. The number of rotatable bonds is 5. The van der Waals surface area contributed by atoms with E-state index in [-0.39, 0.29) is 0 Å². The highest BCUT2D eigenvalue weighted by atomic mass is 15.1. The van der Waals surface area contributed by atoms with Crippen molar-refractivity contribution < 1.29 is 0 Å². The van der Waals surface area contributed by atoms with Crippen LogP contribution >= 0.6 is 0 Å². The Morgan fingerprint density at radius 3 is 2.46 bits per heavy atom. The highest BCUT2D eigenvalue weighted by Gasteiger charge is 2.10. The Balaban J connectivity index is 1.73. The van der Waals surface area contributed by atoms with Gasteiger partial charge in [-0.3, -0.25) is 15.1 Å². The number of aromatic nitrogens is 4. The van der Waals surface area contributed by atoms with Crippen LogP contribution in [0.15, 0.2) is 73.3 Å². The lowest BCUT2D eigenvalue weighted by Gasteiger charge is -2.13. The minimum atomic E-state index is 0.658. The molecule has 0 spiro atoms. The first-order valence-corrected chi connectivity index (χ1v) is 8.50. The molecule has 128 valence electrons. The lowest BCUT2D eigenvalue weighted by Crippen LogP contribution is -2.03. The van der Waals surface area contributed by atoms with E-state index in [1.54, 1.807) is 18.6 Å². The maximum atomic E-state index is 4.76. The average molecular weight is 341 g/mol. The normalized spacial score (nSPS) is 10.7. The number of nitrogens with one attached hydrogen (secondary N) is 2. The number of benzene rings is 1. The van der Waals surface area contributed by atoms with Gasteiger partial charge in [0.1, 0.15) is 0 Å². The summed E-state index contributed by atoms with van der Waals surface area (Å²) in [6, 6.07) is 16.5. The number of aromatic amines is 1. The van der Waals surface area contributed by atoms with E-state index in [4.69, 9.17) is 4.98 Å². The van der Waals surface area contributed by atoms with Gasteiger partial charge in [-0.1, -0.05) is 30.3 Å². The number of hydrogen-bond donors (Lipinski definition) is 2. The Morgan fingerprint density at radius 2 is 1.73 bits per heavy atom. The average Bonchev–Trinajstić information content (AvgIpc) is 3.12. The molecule has 5 heteroatoms. The van der Waals surface area contributed by atoms with Crippen LogP contribution in [0.5, 0.6) is 0 Å².